The van der Waals surface area contributed by atoms with Crippen molar-refractivity contribution < 1.29 is 5.11 Å². The number of nitrogens with zero attached hydrogens (tertiary/aromatic N) is 2. The van der Waals surface area contributed by atoms with Crippen LogP contribution in [-0.2, 0) is 0 Å². The lowest BCUT2D eigenvalue weighted by atomic mass is 10.0. The summed E-state index contributed by atoms with van der Waals surface area (Å²) in [4.78, 5) is 5.22. The molecule has 1 saturated heterocycles. The number of likely N-dealkylation sites (N-methyl/N-ethyl adjacent to an activating group) is 1. The fourth-order valence-corrected chi connectivity index (χ4v) is 3.97. The molecule has 3 nitrogen and oxygen atoms in total. The molecular weight excluding hydrogens is 236 g/mol. The number of aliphatic hydroxyl groups excluding tert-OH is 1. The smallest absolute Gasteiger partial charge is 0.0446 e. The van der Waals surface area contributed by atoms with E-state index in [0.29, 0.717) is 12.6 Å². The summed E-state index contributed by atoms with van der Waals surface area (Å²) in [6.07, 6.45) is 9.39. The molecule has 0 aromatic rings. The van der Waals surface area contributed by atoms with Gasteiger partial charge in [0.1, 0.15) is 0 Å². The quantitative estimate of drug-likeness (QED) is 0.796. The number of rotatable bonds is 3. The van der Waals surface area contributed by atoms with Crippen LogP contribution in [0.25, 0.3) is 0 Å². The topological polar surface area (TPSA) is 26.7 Å². The van der Waals surface area contributed by atoms with E-state index in [4.69, 9.17) is 0 Å². The summed E-state index contributed by atoms with van der Waals surface area (Å²) in [5.41, 5.74) is 0. The maximum absolute atomic E-state index is 9.29. The third-order valence-corrected chi connectivity index (χ3v) is 5.02. The maximum Gasteiger partial charge on any atom is 0.0446 e. The lowest BCUT2D eigenvalue weighted by Gasteiger charge is -2.34. The molecule has 1 aliphatic heterocycles. The molecule has 2 rings (SSSR count). The zero-order chi connectivity index (χ0) is 13.7. The van der Waals surface area contributed by atoms with E-state index in [-0.39, 0.29) is 0 Å². The third kappa shape index (κ3) is 4.44. The number of aliphatic hydroxyl groups is 1. The lowest BCUT2D eigenvalue weighted by molar-refractivity contribution is 0.132. The molecule has 0 bridgehead atoms. The van der Waals surface area contributed by atoms with E-state index in [1.807, 2.05) is 0 Å². The summed E-state index contributed by atoms with van der Waals surface area (Å²) in [6, 6.07) is 1.34. The normalized spacial score (nSPS) is 33.0. The van der Waals surface area contributed by atoms with Crippen molar-refractivity contribution in [3.63, 3.8) is 0 Å². The molecule has 1 saturated carbocycles. The van der Waals surface area contributed by atoms with Crippen molar-refractivity contribution in [1.82, 2.24) is 9.80 Å². The van der Waals surface area contributed by atoms with Crippen LogP contribution in [0.3, 0.4) is 0 Å². The molecule has 2 atom stereocenters. The van der Waals surface area contributed by atoms with Crippen LogP contribution in [-0.4, -0.2) is 60.3 Å². The van der Waals surface area contributed by atoms with Crippen molar-refractivity contribution in [2.45, 2.75) is 64.0 Å². The minimum atomic E-state index is 0.321. The van der Waals surface area contributed by atoms with Crippen LogP contribution in [0.15, 0.2) is 0 Å². The molecular formula is C16H32N2O. The van der Waals surface area contributed by atoms with Gasteiger partial charge >= 0.3 is 0 Å². The molecule has 1 heterocycles. The number of hydrogen-bond acceptors (Lipinski definition) is 3. The minimum absolute atomic E-state index is 0.321. The SMILES string of the molecule is CC1CN(C)C(CCO)CN(C2CCCCCC2)C1. The van der Waals surface area contributed by atoms with Crippen molar-refractivity contribution in [2.75, 3.05) is 33.3 Å². The highest BCUT2D eigenvalue weighted by Crippen LogP contribution is 2.25. The summed E-state index contributed by atoms with van der Waals surface area (Å²) in [6.45, 7) is 6.28. The zero-order valence-corrected chi connectivity index (χ0v) is 12.9. The van der Waals surface area contributed by atoms with Crippen LogP contribution >= 0.6 is 0 Å². The van der Waals surface area contributed by atoms with Crippen LogP contribution in [0.5, 0.6) is 0 Å². The highest BCUT2D eigenvalue weighted by Gasteiger charge is 2.29. The Kier molecular flexibility index (Phi) is 6.11. The molecule has 0 amide bonds. The van der Waals surface area contributed by atoms with E-state index in [9.17, 15) is 5.11 Å². The van der Waals surface area contributed by atoms with Crippen LogP contribution < -0.4 is 0 Å². The Morgan fingerprint density at radius 2 is 1.68 bits per heavy atom. The number of hydrogen-bond donors (Lipinski definition) is 1. The Morgan fingerprint density at radius 3 is 2.32 bits per heavy atom. The van der Waals surface area contributed by atoms with Crippen LogP contribution in [0, 0.1) is 5.92 Å². The van der Waals surface area contributed by atoms with Gasteiger partial charge in [0.2, 0.25) is 0 Å². The monoisotopic (exact) mass is 268 g/mol. The van der Waals surface area contributed by atoms with Gasteiger partial charge in [-0.2, -0.15) is 0 Å². The van der Waals surface area contributed by atoms with E-state index >= 15 is 0 Å². The van der Waals surface area contributed by atoms with Gasteiger partial charge in [0.05, 0.1) is 0 Å². The average Bonchev–Trinajstić information content (AvgIpc) is 2.71. The Labute approximate surface area is 119 Å². The van der Waals surface area contributed by atoms with E-state index < -0.39 is 0 Å². The first-order valence-electron chi connectivity index (χ1n) is 8.26. The maximum atomic E-state index is 9.29. The predicted molar refractivity (Wildman–Crippen MR) is 80.3 cm³/mol. The first kappa shape index (κ1) is 15.3. The van der Waals surface area contributed by atoms with Crippen LogP contribution in [0.1, 0.15) is 51.9 Å². The molecule has 3 heteroatoms. The van der Waals surface area contributed by atoms with Crippen molar-refractivity contribution in [3.8, 4) is 0 Å². The highest BCUT2D eigenvalue weighted by molar-refractivity contribution is 4.85. The van der Waals surface area contributed by atoms with E-state index in [1.54, 1.807) is 0 Å². The second kappa shape index (κ2) is 7.61. The molecule has 1 N–H and O–H groups in total. The predicted octanol–water partition coefficient (Wildman–Crippen LogP) is 2.34. The average molecular weight is 268 g/mol. The van der Waals surface area contributed by atoms with Gasteiger partial charge in [-0.3, -0.25) is 4.90 Å². The molecule has 2 fully saturated rings. The summed E-state index contributed by atoms with van der Waals surface area (Å²) < 4.78 is 0. The first-order valence-corrected chi connectivity index (χ1v) is 8.26. The Balaban J connectivity index is 2.00. The van der Waals surface area contributed by atoms with Crippen LogP contribution in [0.4, 0.5) is 0 Å². The van der Waals surface area contributed by atoms with Crippen molar-refractivity contribution >= 4 is 0 Å². The summed E-state index contributed by atoms with van der Waals surface area (Å²) in [5, 5.41) is 9.29. The zero-order valence-electron chi connectivity index (χ0n) is 12.9. The second-order valence-corrected chi connectivity index (χ2v) is 6.81. The highest BCUT2D eigenvalue weighted by atomic mass is 16.3. The lowest BCUT2D eigenvalue weighted by Crippen LogP contribution is -2.43. The Bertz CT molecular complexity index is 251. The van der Waals surface area contributed by atoms with Gasteiger partial charge < -0.3 is 10.0 Å². The van der Waals surface area contributed by atoms with Crippen molar-refractivity contribution in [3.05, 3.63) is 0 Å². The van der Waals surface area contributed by atoms with Gasteiger partial charge in [-0.1, -0.05) is 32.6 Å². The minimum Gasteiger partial charge on any atom is -0.396 e. The first-order chi connectivity index (χ1) is 9.20. The second-order valence-electron chi connectivity index (χ2n) is 6.81. The largest absolute Gasteiger partial charge is 0.396 e. The van der Waals surface area contributed by atoms with Gasteiger partial charge in [0.15, 0.2) is 0 Å². The molecule has 0 spiro atoms. The molecule has 1 aliphatic carbocycles. The van der Waals surface area contributed by atoms with Crippen molar-refractivity contribution in [2.24, 2.45) is 5.92 Å². The molecule has 112 valence electrons. The van der Waals surface area contributed by atoms with Gasteiger partial charge in [-0.05, 0) is 32.2 Å². The molecule has 2 unspecified atom stereocenters. The molecule has 0 aromatic carbocycles. The van der Waals surface area contributed by atoms with Gasteiger partial charge in [0, 0.05) is 38.3 Å². The van der Waals surface area contributed by atoms with Gasteiger partial charge in [0.25, 0.3) is 0 Å². The molecule has 0 radical (unpaired) electrons. The summed E-state index contributed by atoms with van der Waals surface area (Å²) in [7, 11) is 2.23. The van der Waals surface area contributed by atoms with E-state index in [0.717, 1.165) is 24.9 Å². The van der Waals surface area contributed by atoms with Gasteiger partial charge in [-0.25, -0.2) is 0 Å². The fourth-order valence-electron chi connectivity index (χ4n) is 3.97. The standard InChI is InChI=1S/C16H32N2O/c1-14-11-17(2)16(9-10-19)13-18(12-14)15-7-5-3-4-6-8-15/h14-16,19H,3-13H2,1-2H3. The summed E-state index contributed by atoms with van der Waals surface area (Å²) >= 11 is 0. The van der Waals surface area contributed by atoms with E-state index in [1.165, 1.54) is 51.6 Å². The molecule has 0 aromatic heterocycles. The molecule has 19 heavy (non-hydrogen) atoms. The fraction of sp³-hybridized carbons (Fsp3) is 1.00. The summed E-state index contributed by atoms with van der Waals surface area (Å²) in [5.74, 6) is 0.747. The van der Waals surface area contributed by atoms with Crippen LogP contribution in [0.2, 0.25) is 0 Å². The molecule has 2 aliphatic rings. The Hall–Kier alpha value is -0.120. The third-order valence-electron chi connectivity index (χ3n) is 5.02. The van der Waals surface area contributed by atoms with Crippen molar-refractivity contribution in [1.29, 1.82) is 0 Å². The van der Waals surface area contributed by atoms with E-state index in [2.05, 4.69) is 23.8 Å². The Morgan fingerprint density at radius 1 is 1.00 bits per heavy atom. The van der Waals surface area contributed by atoms with Gasteiger partial charge in [-0.15, -0.1) is 0 Å².